The molecule has 1 aromatic carbocycles. The zero-order chi connectivity index (χ0) is 14.8. The highest BCUT2D eigenvalue weighted by atomic mass is 32.1. The van der Waals surface area contributed by atoms with Crippen LogP contribution in [0.1, 0.15) is 28.8 Å². The van der Waals surface area contributed by atoms with Gasteiger partial charge in [0.1, 0.15) is 5.01 Å². The zero-order valence-electron chi connectivity index (χ0n) is 12.8. The average Bonchev–Trinajstić information content (AvgIpc) is 3.09. The lowest BCUT2D eigenvalue weighted by Crippen LogP contribution is -2.11. The summed E-state index contributed by atoms with van der Waals surface area (Å²) in [7, 11) is 0. The van der Waals surface area contributed by atoms with Crippen molar-refractivity contribution in [1.29, 1.82) is 0 Å². The molecule has 110 valence electrons. The summed E-state index contributed by atoms with van der Waals surface area (Å²) in [4.78, 5) is 4.41. The third-order valence-electron chi connectivity index (χ3n) is 4.06. The van der Waals surface area contributed by atoms with Gasteiger partial charge >= 0.3 is 0 Å². The predicted molar refractivity (Wildman–Crippen MR) is 90.0 cm³/mol. The molecule has 0 bridgehead atoms. The molecule has 21 heavy (non-hydrogen) atoms. The molecule has 2 aromatic heterocycles. The van der Waals surface area contributed by atoms with Crippen LogP contribution in [0.5, 0.6) is 0 Å². The quantitative estimate of drug-likeness (QED) is 0.775. The van der Waals surface area contributed by atoms with Crippen molar-refractivity contribution in [3.05, 3.63) is 51.6 Å². The highest BCUT2D eigenvalue weighted by Crippen LogP contribution is 2.27. The van der Waals surface area contributed by atoms with Crippen molar-refractivity contribution in [2.24, 2.45) is 0 Å². The van der Waals surface area contributed by atoms with Gasteiger partial charge in [-0.25, -0.2) is 4.98 Å². The van der Waals surface area contributed by atoms with Crippen LogP contribution in [0.3, 0.4) is 0 Å². The average molecular weight is 299 g/mol. The van der Waals surface area contributed by atoms with Crippen LogP contribution >= 0.6 is 11.3 Å². The molecule has 0 radical (unpaired) electrons. The Morgan fingerprint density at radius 3 is 2.86 bits per heavy atom. The van der Waals surface area contributed by atoms with Crippen molar-refractivity contribution in [3.63, 3.8) is 0 Å². The number of nitrogens with zero attached hydrogens (tertiary/aromatic N) is 2. The van der Waals surface area contributed by atoms with Crippen molar-refractivity contribution in [1.82, 2.24) is 14.9 Å². The second-order valence-electron chi connectivity index (χ2n) is 5.35. The summed E-state index contributed by atoms with van der Waals surface area (Å²) in [6.45, 7) is 9.35. The molecule has 0 aliphatic carbocycles. The van der Waals surface area contributed by atoms with Crippen molar-refractivity contribution < 1.29 is 0 Å². The van der Waals surface area contributed by atoms with E-state index >= 15 is 0 Å². The number of benzene rings is 1. The first-order valence-corrected chi connectivity index (χ1v) is 8.26. The topological polar surface area (TPSA) is 29.9 Å². The molecule has 0 aliphatic rings. The molecule has 4 heteroatoms. The summed E-state index contributed by atoms with van der Waals surface area (Å²) in [5.41, 5.74) is 5.36. The summed E-state index contributed by atoms with van der Waals surface area (Å²) >= 11 is 1.72. The van der Waals surface area contributed by atoms with Gasteiger partial charge in [0, 0.05) is 34.7 Å². The van der Waals surface area contributed by atoms with Crippen LogP contribution in [0.4, 0.5) is 0 Å². The lowest BCUT2D eigenvalue weighted by molar-refractivity contribution is 0.727. The molecule has 0 unspecified atom stereocenters. The van der Waals surface area contributed by atoms with Crippen LogP contribution in [-0.2, 0) is 13.1 Å². The monoisotopic (exact) mass is 299 g/mol. The van der Waals surface area contributed by atoms with E-state index in [0.29, 0.717) is 0 Å². The van der Waals surface area contributed by atoms with Gasteiger partial charge in [-0.1, -0.05) is 13.0 Å². The van der Waals surface area contributed by atoms with Crippen molar-refractivity contribution in [2.45, 2.75) is 33.9 Å². The molecule has 0 saturated heterocycles. The Hall–Kier alpha value is -1.65. The molecule has 0 fully saturated rings. The Labute approximate surface area is 129 Å². The van der Waals surface area contributed by atoms with Crippen molar-refractivity contribution in [3.8, 4) is 0 Å². The Morgan fingerprint density at radius 2 is 2.14 bits per heavy atom. The van der Waals surface area contributed by atoms with E-state index in [1.54, 1.807) is 11.3 Å². The Bertz CT molecular complexity index is 741. The number of thiazole rings is 1. The van der Waals surface area contributed by atoms with Gasteiger partial charge in [0.05, 0.1) is 6.54 Å². The van der Waals surface area contributed by atoms with Crippen molar-refractivity contribution in [2.75, 3.05) is 6.54 Å². The summed E-state index contributed by atoms with van der Waals surface area (Å²) in [6.07, 6.45) is 1.88. The van der Waals surface area contributed by atoms with E-state index in [-0.39, 0.29) is 0 Å². The number of hydrogen-bond donors (Lipinski definition) is 1. The molecule has 2 heterocycles. The van der Waals surface area contributed by atoms with Crippen LogP contribution in [0, 0.1) is 13.8 Å². The smallest absolute Gasteiger partial charge is 0.112 e. The van der Waals surface area contributed by atoms with Gasteiger partial charge in [-0.2, -0.15) is 0 Å². The molecule has 3 nitrogen and oxygen atoms in total. The maximum absolute atomic E-state index is 4.41. The standard InChI is InChI=1S/C17H21N3S/c1-4-18-10-14-5-6-16-15(9-14)12(2)13(3)20(16)11-17-19-7-8-21-17/h5-9,18H,4,10-11H2,1-3H3. The molecule has 3 aromatic rings. The SMILES string of the molecule is CCNCc1ccc2c(c1)c(C)c(C)n2Cc1nccs1. The van der Waals surface area contributed by atoms with Crippen LogP contribution in [0.25, 0.3) is 10.9 Å². The number of aromatic nitrogens is 2. The first kappa shape index (κ1) is 14.3. The van der Waals surface area contributed by atoms with Gasteiger partial charge in [-0.15, -0.1) is 11.3 Å². The first-order chi connectivity index (χ1) is 10.2. The fraction of sp³-hybridized carbons (Fsp3) is 0.353. The van der Waals surface area contributed by atoms with E-state index in [4.69, 9.17) is 0 Å². The summed E-state index contributed by atoms with van der Waals surface area (Å²) in [5.74, 6) is 0. The number of nitrogens with one attached hydrogen (secondary N) is 1. The lowest BCUT2D eigenvalue weighted by atomic mass is 10.1. The van der Waals surface area contributed by atoms with Crippen molar-refractivity contribution >= 4 is 22.2 Å². The summed E-state index contributed by atoms with van der Waals surface area (Å²) < 4.78 is 2.38. The van der Waals surface area contributed by atoms with Gasteiger partial charge in [-0.05, 0) is 43.7 Å². The number of hydrogen-bond acceptors (Lipinski definition) is 3. The maximum Gasteiger partial charge on any atom is 0.112 e. The zero-order valence-corrected chi connectivity index (χ0v) is 13.6. The highest BCUT2D eigenvalue weighted by molar-refractivity contribution is 7.09. The van der Waals surface area contributed by atoms with Gasteiger partial charge in [0.2, 0.25) is 0 Å². The Kier molecular flexibility index (Phi) is 4.08. The minimum atomic E-state index is 0.862. The minimum absolute atomic E-state index is 0.862. The maximum atomic E-state index is 4.41. The van der Waals surface area contributed by atoms with Crippen LogP contribution in [0.15, 0.2) is 29.8 Å². The summed E-state index contributed by atoms with van der Waals surface area (Å²) in [5, 5.41) is 7.95. The molecule has 0 saturated carbocycles. The van der Waals surface area contributed by atoms with Gasteiger partial charge in [0.25, 0.3) is 0 Å². The molecular formula is C17H21N3S. The molecule has 1 N–H and O–H groups in total. The van der Waals surface area contributed by atoms with E-state index < -0.39 is 0 Å². The number of fused-ring (bicyclic) bond motifs is 1. The van der Waals surface area contributed by atoms with Gasteiger partial charge < -0.3 is 9.88 Å². The fourth-order valence-electron chi connectivity index (χ4n) is 2.75. The number of aryl methyl sites for hydroxylation is 1. The molecular weight excluding hydrogens is 278 g/mol. The lowest BCUT2D eigenvalue weighted by Gasteiger charge is -2.07. The second kappa shape index (κ2) is 6.00. The Balaban J connectivity index is 2.03. The molecule has 0 aliphatic heterocycles. The second-order valence-corrected chi connectivity index (χ2v) is 6.33. The van der Waals surface area contributed by atoms with Crippen LogP contribution in [0.2, 0.25) is 0 Å². The van der Waals surface area contributed by atoms with Gasteiger partial charge in [0.15, 0.2) is 0 Å². The van der Waals surface area contributed by atoms with Crippen LogP contribution in [-0.4, -0.2) is 16.1 Å². The van der Waals surface area contributed by atoms with Crippen LogP contribution < -0.4 is 5.32 Å². The molecule has 0 atom stereocenters. The summed E-state index contributed by atoms with van der Waals surface area (Å²) in [6, 6.07) is 6.79. The molecule has 0 spiro atoms. The highest BCUT2D eigenvalue weighted by Gasteiger charge is 2.12. The van der Waals surface area contributed by atoms with E-state index in [0.717, 1.165) is 24.6 Å². The minimum Gasteiger partial charge on any atom is -0.338 e. The van der Waals surface area contributed by atoms with E-state index in [2.05, 4.69) is 53.8 Å². The van der Waals surface area contributed by atoms with E-state index in [1.807, 2.05) is 11.6 Å². The third-order valence-corrected chi connectivity index (χ3v) is 4.82. The Morgan fingerprint density at radius 1 is 1.29 bits per heavy atom. The normalized spacial score (nSPS) is 11.4. The number of rotatable bonds is 5. The molecule has 3 rings (SSSR count). The first-order valence-electron chi connectivity index (χ1n) is 7.38. The van der Waals surface area contributed by atoms with E-state index in [9.17, 15) is 0 Å². The third kappa shape index (κ3) is 2.74. The fourth-order valence-corrected chi connectivity index (χ4v) is 3.35. The van der Waals surface area contributed by atoms with Gasteiger partial charge in [-0.3, -0.25) is 0 Å². The predicted octanol–water partition coefficient (Wildman–Crippen LogP) is 3.87. The largest absolute Gasteiger partial charge is 0.338 e. The molecule has 0 amide bonds. The van der Waals surface area contributed by atoms with E-state index in [1.165, 1.54) is 27.7 Å².